The van der Waals surface area contributed by atoms with Crippen LogP contribution in [0.15, 0.2) is 84.9 Å². The Morgan fingerprint density at radius 2 is 1.47 bits per heavy atom. The van der Waals surface area contributed by atoms with E-state index in [4.69, 9.17) is 0 Å². The predicted molar refractivity (Wildman–Crippen MR) is 120 cm³/mol. The van der Waals surface area contributed by atoms with Gasteiger partial charge in [0.1, 0.15) is 0 Å². The highest BCUT2D eigenvalue weighted by atomic mass is 16.3. The van der Waals surface area contributed by atoms with Crippen LogP contribution >= 0.6 is 0 Å². The van der Waals surface area contributed by atoms with E-state index in [1.807, 2.05) is 48.5 Å². The van der Waals surface area contributed by atoms with Gasteiger partial charge in [-0.25, -0.2) is 0 Å². The van der Waals surface area contributed by atoms with Gasteiger partial charge < -0.3 is 20.6 Å². The zero-order chi connectivity index (χ0) is 21.3. The summed E-state index contributed by atoms with van der Waals surface area (Å²) in [7, 11) is 0. The van der Waals surface area contributed by atoms with Gasteiger partial charge in [0.05, 0.1) is 23.9 Å². The van der Waals surface area contributed by atoms with E-state index in [0.717, 1.165) is 5.69 Å². The summed E-state index contributed by atoms with van der Waals surface area (Å²) in [6.45, 7) is 2.04. The lowest BCUT2D eigenvalue weighted by atomic mass is 10.1. The van der Waals surface area contributed by atoms with Crippen molar-refractivity contribution in [3.05, 3.63) is 90.5 Å². The molecule has 0 heterocycles. The van der Waals surface area contributed by atoms with Crippen LogP contribution in [0.3, 0.4) is 0 Å². The Hall–Kier alpha value is -3.64. The first-order valence-electron chi connectivity index (χ1n) is 9.76. The van der Waals surface area contributed by atoms with Gasteiger partial charge in [-0.05, 0) is 43.3 Å². The van der Waals surface area contributed by atoms with Crippen molar-refractivity contribution in [1.82, 2.24) is 0 Å². The molecule has 0 aliphatic carbocycles. The molecule has 30 heavy (non-hydrogen) atoms. The summed E-state index contributed by atoms with van der Waals surface area (Å²) >= 11 is 0. The largest absolute Gasteiger partial charge is 0.392 e. The Bertz CT molecular complexity index is 975. The topological polar surface area (TPSA) is 81.7 Å². The van der Waals surface area contributed by atoms with E-state index < -0.39 is 6.10 Å². The molecule has 1 unspecified atom stereocenters. The van der Waals surface area contributed by atoms with Crippen LogP contribution in [0.2, 0.25) is 0 Å². The van der Waals surface area contributed by atoms with Gasteiger partial charge in [-0.3, -0.25) is 9.59 Å². The number of carbonyl (C=O) groups is 2. The first kappa shape index (κ1) is 21.1. The second-order valence-corrected chi connectivity index (χ2v) is 6.98. The van der Waals surface area contributed by atoms with E-state index in [1.165, 1.54) is 0 Å². The molecule has 1 atom stereocenters. The molecule has 0 radical (unpaired) electrons. The number of amides is 2. The normalized spacial score (nSPS) is 11.4. The molecular formula is C24H25N3O3. The van der Waals surface area contributed by atoms with Gasteiger partial charge in [0.25, 0.3) is 5.91 Å². The molecule has 0 spiro atoms. The molecular weight excluding hydrogens is 378 g/mol. The van der Waals surface area contributed by atoms with Crippen molar-refractivity contribution in [2.24, 2.45) is 0 Å². The molecule has 2 amide bonds. The molecule has 6 nitrogen and oxygen atoms in total. The Balaban J connectivity index is 1.72. The van der Waals surface area contributed by atoms with Crippen molar-refractivity contribution in [2.45, 2.75) is 13.0 Å². The van der Waals surface area contributed by atoms with Crippen LogP contribution in [0.1, 0.15) is 17.3 Å². The average molecular weight is 403 g/mol. The Morgan fingerprint density at radius 3 is 2.13 bits per heavy atom. The lowest BCUT2D eigenvalue weighted by Gasteiger charge is -2.25. The Kier molecular flexibility index (Phi) is 7.19. The number of aliphatic hydroxyl groups is 1. The quantitative estimate of drug-likeness (QED) is 0.535. The zero-order valence-electron chi connectivity index (χ0n) is 16.8. The van der Waals surface area contributed by atoms with Crippen LogP contribution < -0.4 is 15.5 Å². The summed E-state index contributed by atoms with van der Waals surface area (Å²) in [6, 6.07) is 25.4. The number of rotatable bonds is 8. The minimum atomic E-state index is -0.595. The number of nitrogens with one attached hydrogen (secondary N) is 2. The number of hydrogen-bond donors (Lipinski definition) is 3. The maximum absolute atomic E-state index is 12.7. The van der Waals surface area contributed by atoms with Gasteiger partial charge in [-0.2, -0.15) is 0 Å². The fraction of sp³-hybridized carbons (Fsp3) is 0.167. The van der Waals surface area contributed by atoms with Gasteiger partial charge in [-0.15, -0.1) is 0 Å². The molecule has 0 saturated heterocycles. The first-order valence-corrected chi connectivity index (χ1v) is 9.76. The molecule has 3 aromatic rings. The lowest BCUT2D eigenvalue weighted by Crippen LogP contribution is -2.38. The van der Waals surface area contributed by atoms with Crippen molar-refractivity contribution in [3.8, 4) is 0 Å². The monoisotopic (exact) mass is 403 g/mol. The maximum atomic E-state index is 12.7. The minimum Gasteiger partial charge on any atom is -0.392 e. The van der Waals surface area contributed by atoms with Crippen LogP contribution in [-0.2, 0) is 4.79 Å². The molecule has 6 heteroatoms. The highest BCUT2D eigenvalue weighted by molar-refractivity contribution is 6.10. The summed E-state index contributed by atoms with van der Waals surface area (Å²) in [5.41, 5.74) is 2.32. The SMILES string of the molecule is CC(O)CN(CC(=O)Nc1ccccc1C(=O)Nc1ccccc1)c1ccccc1. The molecule has 0 aliphatic rings. The highest BCUT2D eigenvalue weighted by Crippen LogP contribution is 2.19. The fourth-order valence-electron chi connectivity index (χ4n) is 3.09. The van der Waals surface area contributed by atoms with Crippen molar-refractivity contribution in [2.75, 3.05) is 28.6 Å². The van der Waals surface area contributed by atoms with Crippen LogP contribution in [0, 0.1) is 0 Å². The number of aliphatic hydroxyl groups excluding tert-OH is 1. The van der Waals surface area contributed by atoms with E-state index in [9.17, 15) is 14.7 Å². The number of anilines is 3. The van der Waals surface area contributed by atoms with Crippen molar-refractivity contribution in [3.63, 3.8) is 0 Å². The van der Waals surface area contributed by atoms with Crippen LogP contribution in [0.25, 0.3) is 0 Å². The number of carbonyl (C=O) groups excluding carboxylic acids is 2. The number of benzene rings is 3. The molecule has 3 rings (SSSR count). The standard InChI is InChI=1S/C24H25N3O3/c1-18(28)16-27(20-12-6-3-7-13-20)17-23(29)26-22-15-9-8-14-21(22)24(30)25-19-10-4-2-5-11-19/h2-15,18,28H,16-17H2,1H3,(H,25,30)(H,26,29). The first-order chi connectivity index (χ1) is 14.5. The molecule has 154 valence electrons. The van der Waals surface area contributed by atoms with Gasteiger partial charge in [-0.1, -0.05) is 48.5 Å². The second kappa shape index (κ2) is 10.2. The summed E-state index contributed by atoms with van der Waals surface area (Å²) in [4.78, 5) is 27.2. The van der Waals surface area contributed by atoms with Gasteiger partial charge in [0, 0.05) is 17.9 Å². The molecule has 0 fully saturated rings. The molecule has 0 aliphatic heterocycles. The maximum Gasteiger partial charge on any atom is 0.257 e. The van der Waals surface area contributed by atoms with Crippen molar-refractivity contribution < 1.29 is 14.7 Å². The van der Waals surface area contributed by atoms with Gasteiger partial charge >= 0.3 is 0 Å². The van der Waals surface area contributed by atoms with Gasteiger partial charge in [0.15, 0.2) is 0 Å². The molecule has 0 saturated carbocycles. The van der Waals surface area contributed by atoms with E-state index in [1.54, 1.807) is 48.2 Å². The highest BCUT2D eigenvalue weighted by Gasteiger charge is 2.17. The average Bonchev–Trinajstić information content (AvgIpc) is 2.74. The van der Waals surface area contributed by atoms with E-state index in [0.29, 0.717) is 23.5 Å². The van der Waals surface area contributed by atoms with E-state index >= 15 is 0 Å². The van der Waals surface area contributed by atoms with Gasteiger partial charge in [0.2, 0.25) is 5.91 Å². The van der Waals surface area contributed by atoms with Crippen LogP contribution in [-0.4, -0.2) is 36.1 Å². The summed E-state index contributed by atoms with van der Waals surface area (Å²) in [5, 5.41) is 15.5. The number of hydrogen-bond acceptors (Lipinski definition) is 4. The van der Waals surface area contributed by atoms with E-state index in [2.05, 4.69) is 10.6 Å². The smallest absolute Gasteiger partial charge is 0.257 e. The third-order valence-corrected chi connectivity index (χ3v) is 4.42. The third-order valence-electron chi connectivity index (χ3n) is 4.42. The predicted octanol–water partition coefficient (Wildman–Crippen LogP) is 3.76. The van der Waals surface area contributed by atoms with Crippen LogP contribution in [0.5, 0.6) is 0 Å². The summed E-state index contributed by atoms with van der Waals surface area (Å²) in [6.07, 6.45) is -0.595. The van der Waals surface area contributed by atoms with Crippen molar-refractivity contribution >= 4 is 28.9 Å². The van der Waals surface area contributed by atoms with E-state index in [-0.39, 0.29) is 18.4 Å². The number of nitrogens with zero attached hydrogens (tertiary/aromatic N) is 1. The molecule has 0 bridgehead atoms. The van der Waals surface area contributed by atoms with Crippen molar-refractivity contribution in [1.29, 1.82) is 0 Å². The second-order valence-electron chi connectivity index (χ2n) is 6.98. The molecule has 3 N–H and O–H groups in total. The lowest BCUT2D eigenvalue weighted by molar-refractivity contribution is -0.115. The summed E-state index contributed by atoms with van der Waals surface area (Å²) < 4.78 is 0. The minimum absolute atomic E-state index is 0.0452. The Labute approximate surface area is 176 Å². The Morgan fingerprint density at radius 1 is 0.867 bits per heavy atom. The zero-order valence-corrected chi connectivity index (χ0v) is 16.8. The number of para-hydroxylation sites is 3. The summed E-state index contributed by atoms with van der Waals surface area (Å²) in [5.74, 6) is -0.583. The third kappa shape index (κ3) is 5.93. The van der Waals surface area contributed by atoms with Crippen LogP contribution in [0.4, 0.5) is 17.1 Å². The molecule has 3 aromatic carbocycles. The molecule has 0 aromatic heterocycles. The fourth-order valence-corrected chi connectivity index (χ4v) is 3.09.